The van der Waals surface area contributed by atoms with Crippen molar-refractivity contribution in [1.82, 2.24) is 9.80 Å². The van der Waals surface area contributed by atoms with Gasteiger partial charge in [-0.25, -0.2) is 0 Å². The van der Waals surface area contributed by atoms with Crippen molar-refractivity contribution in [1.29, 1.82) is 0 Å². The monoisotopic (exact) mass is 562 g/mol. The fourth-order valence-corrected chi connectivity index (χ4v) is 5.71. The summed E-state index contributed by atoms with van der Waals surface area (Å²) in [6, 6.07) is 3.24. The summed E-state index contributed by atoms with van der Waals surface area (Å²) in [5.41, 5.74) is 1.35. The number of imide groups is 2. The van der Waals surface area contributed by atoms with Crippen LogP contribution in [0.5, 0.6) is 0 Å². The maximum atomic E-state index is 13.3. The molecule has 0 aliphatic carbocycles. The van der Waals surface area contributed by atoms with Gasteiger partial charge in [0.2, 0.25) is 0 Å². The molecule has 32 heavy (non-hydrogen) atoms. The van der Waals surface area contributed by atoms with Gasteiger partial charge in [0.05, 0.1) is 11.1 Å². The summed E-state index contributed by atoms with van der Waals surface area (Å²) >= 11 is 6.95. The van der Waals surface area contributed by atoms with E-state index >= 15 is 0 Å². The summed E-state index contributed by atoms with van der Waals surface area (Å²) in [5, 5.41) is 0.786. The van der Waals surface area contributed by atoms with Gasteiger partial charge in [0, 0.05) is 43.9 Å². The van der Waals surface area contributed by atoms with Crippen LogP contribution in [0.3, 0.4) is 0 Å². The number of rotatable bonds is 8. The molecule has 4 rings (SSSR count). The van der Waals surface area contributed by atoms with Crippen molar-refractivity contribution < 1.29 is 19.2 Å². The molecule has 168 valence electrons. The lowest BCUT2D eigenvalue weighted by atomic mass is 9.85. The summed E-state index contributed by atoms with van der Waals surface area (Å²) in [4.78, 5) is 55.8. The third-order valence-corrected chi connectivity index (χ3v) is 7.40. The van der Waals surface area contributed by atoms with Crippen LogP contribution in [0.2, 0.25) is 0 Å². The number of amides is 4. The van der Waals surface area contributed by atoms with E-state index in [-0.39, 0.29) is 11.8 Å². The van der Waals surface area contributed by atoms with Gasteiger partial charge >= 0.3 is 0 Å². The minimum absolute atomic E-state index is 0.336. The Kier molecular flexibility index (Phi) is 6.54. The number of halogens is 2. The van der Waals surface area contributed by atoms with Crippen molar-refractivity contribution in [3.05, 3.63) is 43.3 Å². The van der Waals surface area contributed by atoms with Gasteiger partial charge in [0.15, 0.2) is 0 Å². The van der Waals surface area contributed by atoms with Crippen molar-refractivity contribution in [3.8, 4) is 0 Å². The smallest absolute Gasteiger partial charge is 0.262 e. The minimum atomic E-state index is -0.393. The van der Waals surface area contributed by atoms with E-state index in [1.807, 2.05) is 0 Å². The standard InChI is InChI=1S/C24H24Br2N2O4/c1-3-5-7-9-27-21(29)13-11-16(26)20-18-14(12-15(25)19(17(13)18)23(27)31)22(30)28(24(20)32)10-8-6-4-2/h11-12H,3-10H2,1-2H3. The van der Waals surface area contributed by atoms with E-state index in [2.05, 4.69) is 45.7 Å². The van der Waals surface area contributed by atoms with E-state index in [9.17, 15) is 19.2 Å². The van der Waals surface area contributed by atoms with Crippen LogP contribution in [-0.4, -0.2) is 46.5 Å². The number of carbonyl (C=O) groups excluding carboxylic acids is 4. The Hall–Kier alpha value is -2.06. The Bertz CT molecular complexity index is 1080. The van der Waals surface area contributed by atoms with Crippen LogP contribution >= 0.6 is 31.9 Å². The van der Waals surface area contributed by atoms with Crippen LogP contribution < -0.4 is 0 Å². The van der Waals surface area contributed by atoms with Gasteiger partial charge in [-0.2, -0.15) is 0 Å². The fourth-order valence-electron chi connectivity index (χ4n) is 4.52. The van der Waals surface area contributed by atoms with E-state index in [1.54, 1.807) is 12.1 Å². The molecule has 0 atom stereocenters. The molecule has 4 amide bonds. The van der Waals surface area contributed by atoms with Crippen LogP contribution in [0.1, 0.15) is 93.8 Å². The first kappa shape index (κ1) is 23.1. The Morgan fingerprint density at radius 2 is 1.00 bits per heavy atom. The zero-order valence-corrected chi connectivity index (χ0v) is 21.3. The zero-order chi connectivity index (χ0) is 23.2. The molecule has 0 N–H and O–H groups in total. The highest BCUT2D eigenvalue weighted by Gasteiger charge is 2.41. The fraction of sp³-hybridized carbons (Fsp3) is 0.417. The molecule has 2 heterocycles. The molecule has 0 unspecified atom stereocenters. The molecule has 0 aromatic heterocycles. The molecule has 6 nitrogen and oxygen atoms in total. The summed E-state index contributed by atoms with van der Waals surface area (Å²) in [5.74, 6) is -1.56. The maximum Gasteiger partial charge on any atom is 0.262 e. The highest BCUT2D eigenvalue weighted by atomic mass is 79.9. The van der Waals surface area contributed by atoms with Crippen LogP contribution in [0.15, 0.2) is 21.1 Å². The minimum Gasteiger partial charge on any atom is -0.274 e. The van der Waals surface area contributed by atoms with Crippen molar-refractivity contribution >= 4 is 66.3 Å². The molecule has 2 aliphatic heterocycles. The number of benzene rings is 2. The molecule has 2 aromatic carbocycles. The Labute approximate surface area is 203 Å². The predicted octanol–water partition coefficient (Wildman–Crippen LogP) is 5.94. The third-order valence-electron chi connectivity index (χ3n) is 6.15. The van der Waals surface area contributed by atoms with Crippen molar-refractivity contribution in [2.24, 2.45) is 0 Å². The molecule has 8 heteroatoms. The van der Waals surface area contributed by atoms with E-state index in [1.165, 1.54) is 9.80 Å². The van der Waals surface area contributed by atoms with E-state index in [0.29, 0.717) is 55.1 Å². The first-order chi connectivity index (χ1) is 15.3. The lowest BCUT2D eigenvalue weighted by Crippen LogP contribution is -2.44. The van der Waals surface area contributed by atoms with Gasteiger partial charge in [-0.05, 0) is 56.8 Å². The average molecular weight is 564 g/mol. The van der Waals surface area contributed by atoms with E-state index in [0.717, 1.165) is 38.5 Å². The van der Waals surface area contributed by atoms with Gasteiger partial charge in [0.1, 0.15) is 0 Å². The average Bonchev–Trinajstić information content (AvgIpc) is 2.76. The van der Waals surface area contributed by atoms with Crippen LogP contribution in [-0.2, 0) is 0 Å². The van der Waals surface area contributed by atoms with E-state index < -0.39 is 11.8 Å². The molecule has 0 fully saturated rings. The first-order valence-corrected chi connectivity index (χ1v) is 12.6. The molecule has 0 radical (unpaired) electrons. The van der Waals surface area contributed by atoms with Gasteiger partial charge in [-0.3, -0.25) is 29.0 Å². The van der Waals surface area contributed by atoms with Crippen molar-refractivity contribution in [3.63, 3.8) is 0 Å². The third kappa shape index (κ3) is 3.52. The Balaban J connectivity index is 1.91. The number of unbranched alkanes of at least 4 members (excludes halogenated alkanes) is 4. The molecule has 2 aliphatic rings. The van der Waals surface area contributed by atoms with Crippen LogP contribution in [0.4, 0.5) is 0 Å². The number of hydrogen-bond acceptors (Lipinski definition) is 4. The van der Waals surface area contributed by atoms with Gasteiger partial charge in [-0.1, -0.05) is 39.5 Å². The first-order valence-electron chi connectivity index (χ1n) is 11.0. The molecule has 2 aromatic rings. The highest BCUT2D eigenvalue weighted by molar-refractivity contribution is 9.10. The zero-order valence-electron chi connectivity index (χ0n) is 18.1. The Morgan fingerprint density at radius 3 is 1.34 bits per heavy atom. The lowest BCUT2D eigenvalue weighted by Gasteiger charge is -2.33. The molecule has 0 saturated carbocycles. The largest absolute Gasteiger partial charge is 0.274 e. The summed E-state index contributed by atoms with van der Waals surface area (Å²) in [6.45, 7) is 4.79. The summed E-state index contributed by atoms with van der Waals surface area (Å²) in [7, 11) is 0. The van der Waals surface area contributed by atoms with Crippen molar-refractivity contribution in [2.75, 3.05) is 13.1 Å². The second kappa shape index (κ2) is 9.06. The summed E-state index contributed by atoms with van der Waals surface area (Å²) < 4.78 is 0.924. The highest BCUT2D eigenvalue weighted by Crippen LogP contribution is 2.44. The van der Waals surface area contributed by atoms with E-state index in [4.69, 9.17) is 0 Å². The van der Waals surface area contributed by atoms with Crippen LogP contribution in [0, 0.1) is 0 Å². The van der Waals surface area contributed by atoms with Crippen molar-refractivity contribution in [2.45, 2.75) is 52.4 Å². The van der Waals surface area contributed by atoms with Gasteiger partial charge in [-0.15, -0.1) is 0 Å². The summed E-state index contributed by atoms with van der Waals surface area (Å²) in [6.07, 6.45) is 5.24. The normalized spacial score (nSPS) is 15.4. The van der Waals surface area contributed by atoms with Gasteiger partial charge < -0.3 is 0 Å². The topological polar surface area (TPSA) is 74.8 Å². The number of carbonyl (C=O) groups is 4. The second-order valence-electron chi connectivity index (χ2n) is 8.25. The molecular weight excluding hydrogens is 540 g/mol. The molecule has 0 saturated heterocycles. The number of hydrogen-bond donors (Lipinski definition) is 0. The number of nitrogens with zero attached hydrogens (tertiary/aromatic N) is 2. The molecule has 0 bridgehead atoms. The predicted molar refractivity (Wildman–Crippen MR) is 129 cm³/mol. The van der Waals surface area contributed by atoms with Gasteiger partial charge in [0.25, 0.3) is 23.6 Å². The molecular formula is C24H24Br2N2O4. The Morgan fingerprint density at radius 1 is 0.625 bits per heavy atom. The lowest BCUT2D eigenvalue weighted by molar-refractivity contribution is 0.0585. The SMILES string of the molecule is CCCCCN1C(=O)c2cc(Br)c3c4c(cc(Br)c(c24)C1=O)C(=O)N(CCCCC)C3=O. The second-order valence-corrected chi connectivity index (χ2v) is 9.96. The maximum absolute atomic E-state index is 13.3. The quantitative estimate of drug-likeness (QED) is 0.294. The molecule has 0 spiro atoms. The van der Waals surface area contributed by atoms with Crippen LogP contribution in [0.25, 0.3) is 10.8 Å².